The Balaban J connectivity index is 1.59. The molecule has 0 aromatic heterocycles. The molecule has 0 spiro atoms. The van der Waals surface area contributed by atoms with Crippen LogP contribution in [-0.2, 0) is 16.1 Å². The van der Waals surface area contributed by atoms with Gasteiger partial charge in [-0.15, -0.1) is 0 Å². The third kappa shape index (κ3) is 3.82. The Labute approximate surface area is 135 Å². The lowest BCUT2D eigenvalue weighted by Gasteiger charge is -2.44. The van der Waals surface area contributed by atoms with Crippen molar-refractivity contribution in [2.45, 2.75) is 25.5 Å². The second kappa shape index (κ2) is 7.00. The minimum absolute atomic E-state index is 0.128. The Morgan fingerprint density at radius 3 is 2.52 bits per heavy atom. The molecule has 2 atom stereocenters. The Bertz CT molecular complexity index is 559. The fourth-order valence-electron chi connectivity index (χ4n) is 3.18. The number of nitrogens with zero attached hydrogens (tertiary/aromatic N) is 2. The summed E-state index contributed by atoms with van der Waals surface area (Å²) in [6, 6.07) is 9.61. The van der Waals surface area contributed by atoms with Crippen LogP contribution in [0.2, 0.25) is 0 Å². The number of piperidine rings is 1. The van der Waals surface area contributed by atoms with Crippen molar-refractivity contribution in [3.8, 4) is 0 Å². The van der Waals surface area contributed by atoms with Crippen LogP contribution in [0.25, 0.3) is 0 Å². The van der Waals surface area contributed by atoms with Gasteiger partial charge in [0.05, 0.1) is 5.92 Å². The van der Waals surface area contributed by atoms with Crippen molar-refractivity contribution < 1.29 is 19.4 Å². The summed E-state index contributed by atoms with van der Waals surface area (Å²) >= 11 is 0. The van der Waals surface area contributed by atoms with E-state index in [1.807, 2.05) is 30.3 Å². The van der Waals surface area contributed by atoms with E-state index in [0.29, 0.717) is 13.0 Å². The van der Waals surface area contributed by atoms with Crippen LogP contribution in [0.3, 0.4) is 0 Å². The van der Waals surface area contributed by atoms with E-state index in [-0.39, 0.29) is 19.2 Å². The summed E-state index contributed by atoms with van der Waals surface area (Å²) in [6.07, 6.45) is 1.33. The fraction of sp³-hybridized carbons (Fsp3) is 0.529. The van der Waals surface area contributed by atoms with Crippen molar-refractivity contribution >= 4 is 12.1 Å². The molecule has 23 heavy (non-hydrogen) atoms. The van der Waals surface area contributed by atoms with Gasteiger partial charge in [-0.3, -0.25) is 9.69 Å². The first kappa shape index (κ1) is 15.8. The molecular formula is C17H22N2O4. The summed E-state index contributed by atoms with van der Waals surface area (Å²) in [5.74, 6) is -1.35. The molecule has 0 aliphatic carbocycles. The predicted molar refractivity (Wildman–Crippen MR) is 83.9 cm³/mol. The molecule has 0 saturated carbocycles. The van der Waals surface area contributed by atoms with Crippen LogP contribution in [0.4, 0.5) is 4.79 Å². The molecule has 2 aliphatic heterocycles. The van der Waals surface area contributed by atoms with Crippen LogP contribution in [0.5, 0.6) is 0 Å². The minimum atomic E-state index is -0.837. The molecule has 124 valence electrons. The SMILES string of the molecule is O=C(O)[C@@H]1C[C@@H](N2CCC2)CN(C(=O)OCc2ccccc2)C1. The summed E-state index contributed by atoms with van der Waals surface area (Å²) in [6.45, 7) is 2.97. The van der Waals surface area contributed by atoms with E-state index in [4.69, 9.17) is 4.74 Å². The molecule has 0 radical (unpaired) electrons. The van der Waals surface area contributed by atoms with Crippen LogP contribution in [-0.4, -0.2) is 59.2 Å². The quantitative estimate of drug-likeness (QED) is 0.917. The molecule has 2 saturated heterocycles. The number of aliphatic carboxylic acids is 1. The number of likely N-dealkylation sites (tertiary alicyclic amines) is 2. The average molecular weight is 318 g/mol. The molecule has 0 bridgehead atoms. The van der Waals surface area contributed by atoms with E-state index >= 15 is 0 Å². The molecule has 6 heteroatoms. The van der Waals surface area contributed by atoms with Crippen LogP contribution < -0.4 is 0 Å². The number of carboxylic acids is 1. The zero-order valence-corrected chi connectivity index (χ0v) is 13.1. The second-order valence-electron chi connectivity index (χ2n) is 6.26. The smallest absolute Gasteiger partial charge is 0.410 e. The molecule has 1 aromatic rings. The first-order valence-electron chi connectivity index (χ1n) is 8.06. The number of carbonyl (C=O) groups excluding carboxylic acids is 1. The molecule has 2 aliphatic rings. The number of ether oxygens (including phenoxy) is 1. The van der Waals surface area contributed by atoms with Crippen molar-refractivity contribution in [3.63, 3.8) is 0 Å². The zero-order valence-electron chi connectivity index (χ0n) is 13.1. The molecular weight excluding hydrogens is 296 g/mol. The maximum absolute atomic E-state index is 12.3. The topological polar surface area (TPSA) is 70.1 Å². The lowest BCUT2D eigenvalue weighted by Crippen LogP contribution is -2.57. The number of benzene rings is 1. The molecule has 1 amide bonds. The highest BCUT2D eigenvalue weighted by atomic mass is 16.6. The number of hydrogen-bond acceptors (Lipinski definition) is 4. The maximum Gasteiger partial charge on any atom is 0.410 e. The highest BCUT2D eigenvalue weighted by molar-refractivity contribution is 5.73. The molecule has 2 heterocycles. The Morgan fingerprint density at radius 2 is 1.91 bits per heavy atom. The number of carboxylic acid groups (broad SMARTS) is 1. The summed E-state index contributed by atoms with van der Waals surface area (Å²) in [7, 11) is 0. The highest BCUT2D eigenvalue weighted by Crippen LogP contribution is 2.25. The van der Waals surface area contributed by atoms with Gasteiger partial charge in [0.15, 0.2) is 0 Å². The van der Waals surface area contributed by atoms with Gasteiger partial charge >= 0.3 is 12.1 Å². The third-order valence-electron chi connectivity index (χ3n) is 4.65. The summed E-state index contributed by atoms with van der Waals surface area (Å²) < 4.78 is 5.35. The molecule has 0 unspecified atom stereocenters. The third-order valence-corrected chi connectivity index (χ3v) is 4.65. The first-order valence-corrected chi connectivity index (χ1v) is 8.06. The average Bonchev–Trinajstić information content (AvgIpc) is 2.51. The number of amides is 1. The monoisotopic (exact) mass is 318 g/mol. The van der Waals surface area contributed by atoms with Crippen LogP contribution in [0, 0.1) is 5.92 Å². The Hall–Kier alpha value is -2.08. The van der Waals surface area contributed by atoms with Gasteiger partial charge in [0.1, 0.15) is 6.61 Å². The Morgan fingerprint density at radius 1 is 1.17 bits per heavy atom. The standard InChI is InChI=1S/C17H22N2O4/c20-16(21)14-9-15(18-7-4-8-18)11-19(10-14)17(22)23-12-13-5-2-1-3-6-13/h1-3,5-6,14-15H,4,7-12H2,(H,20,21)/t14-,15-/m1/s1. The van der Waals surface area contributed by atoms with E-state index < -0.39 is 18.0 Å². The van der Waals surface area contributed by atoms with Crippen LogP contribution in [0.15, 0.2) is 30.3 Å². The molecule has 1 aromatic carbocycles. The number of carbonyl (C=O) groups is 2. The van der Waals surface area contributed by atoms with E-state index in [0.717, 1.165) is 25.1 Å². The fourth-order valence-corrected chi connectivity index (χ4v) is 3.18. The molecule has 2 fully saturated rings. The van der Waals surface area contributed by atoms with Gasteiger partial charge in [-0.25, -0.2) is 4.79 Å². The predicted octanol–water partition coefficient (Wildman–Crippen LogP) is 1.80. The second-order valence-corrected chi connectivity index (χ2v) is 6.26. The van der Waals surface area contributed by atoms with Gasteiger partial charge in [-0.1, -0.05) is 30.3 Å². The van der Waals surface area contributed by atoms with Gasteiger partial charge in [0, 0.05) is 19.1 Å². The number of rotatable bonds is 4. The normalized spacial score (nSPS) is 24.8. The van der Waals surface area contributed by atoms with E-state index in [1.165, 1.54) is 0 Å². The van der Waals surface area contributed by atoms with Crippen LogP contribution >= 0.6 is 0 Å². The molecule has 6 nitrogen and oxygen atoms in total. The molecule has 3 rings (SSSR count). The largest absolute Gasteiger partial charge is 0.481 e. The van der Waals surface area contributed by atoms with Gasteiger partial charge in [0.2, 0.25) is 0 Å². The van der Waals surface area contributed by atoms with E-state index in [2.05, 4.69) is 4.90 Å². The Kier molecular flexibility index (Phi) is 4.81. The van der Waals surface area contributed by atoms with Gasteiger partial charge in [-0.05, 0) is 31.5 Å². The van der Waals surface area contributed by atoms with E-state index in [9.17, 15) is 14.7 Å². The maximum atomic E-state index is 12.3. The van der Waals surface area contributed by atoms with Crippen molar-refractivity contribution in [2.75, 3.05) is 26.2 Å². The van der Waals surface area contributed by atoms with Gasteiger partial charge < -0.3 is 14.7 Å². The van der Waals surface area contributed by atoms with Gasteiger partial charge in [0.25, 0.3) is 0 Å². The van der Waals surface area contributed by atoms with Gasteiger partial charge in [-0.2, -0.15) is 0 Å². The highest BCUT2D eigenvalue weighted by Gasteiger charge is 2.38. The van der Waals surface area contributed by atoms with Crippen molar-refractivity contribution in [1.29, 1.82) is 0 Å². The molecule has 1 N–H and O–H groups in total. The van der Waals surface area contributed by atoms with Crippen molar-refractivity contribution in [2.24, 2.45) is 5.92 Å². The van der Waals surface area contributed by atoms with Crippen molar-refractivity contribution in [1.82, 2.24) is 9.80 Å². The van der Waals surface area contributed by atoms with E-state index in [1.54, 1.807) is 4.90 Å². The summed E-state index contributed by atoms with van der Waals surface area (Å²) in [4.78, 5) is 27.5. The zero-order chi connectivity index (χ0) is 16.2. The first-order chi connectivity index (χ1) is 11.1. The van der Waals surface area contributed by atoms with Crippen molar-refractivity contribution in [3.05, 3.63) is 35.9 Å². The summed E-state index contributed by atoms with van der Waals surface area (Å²) in [5.41, 5.74) is 0.923. The lowest BCUT2D eigenvalue weighted by atomic mass is 9.92. The lowest BCUT2D eigenvalue weighted by molar-refractivity contribution is -0.144. The van der Waals surface area contributed by atoms with Crippen LogP contribution in [0.1, 0.15) is 18.4 Å². The number of hydrogen-bond donors (Lipinski definition) is 1. The minimum Gasteiger partial charge on any atom is -0.481 e. The summed E-state index contributed by atoms with van der Waals surface area (Å²) in [5, 5.41) is 9.34.